The quantitative estimate of drug-likeness (QED) is 0.300. The van der Waals surface area contributed by atoms with Crippen molar-refractivity contribution in [2.24, 2.45) is 5.10 Å². The number of fused-ring (bicyclic) bond motifs is 1. The van der Waals surface area contributed by atoms with Crippen LogP contribution in [-0.2, 0) is 4.79 Å². The van der Waals surface area contributed by atoms with Crippen LogP contribution in [0.3, 0.4) is 0 Å². The fourth-order valence-electron chi connectivity index (χ4n) is 2.72. The van der Waals surface area contributed by atoms with Gasteiger partial charge in [0.1, 0.15) is 6.33 Å². The zero-order valence-electron chi connectivity index (χ0n) is 15.2. The average molecular weight is 384 g/mol. The van der Waals surface area contributed by atoms with E-state index < -0.39 is 5.97 Å². The number of hydrazone groups is 1. The number of benzene rings is 2. The van der Waals surface area contributed by atoms with Gasteiger partial charge in [0.2, 0.25) is 0 Å². The monoisotopic (exact) mass is 384 g/mol. The number of carbonyl (C=O) groups is 1. The molecule has 4 rings (SSSR count). The van der Waals surface area contributed by atoms with Gasteiger partial charge in [-0.15, -0.1) is 0 Å². The number of hydrogen-bond donors (Lipinski definition) is 2. The molecule has 4 aromatic rings. The Morgan fingerprint density at radius 1 is 1.03 bits per heavy atom. The fourth-order valence-corrected chi connectivity index (χ4v) is 2.72. The third kappa shape index (κ3) is 4.16. The average Bonchev–Trinajstić information content (AvgIpc) is 3.19. The van der Waals surface area contributed by atoms with Crippen molar-refractivity contribution in [2.75, 3.05) is 5.43 Å². The van der Waals surface area contributed by atoms with Crippen LogP contribution < -0.4 is 5.43 Å². The highest BCUT2D eigenvalue weighted by Gasteiger charge is 2.10. The van der Waals surface area contributed by atoms with Crippen molar-refractivity contribution in [3.63, 3.8) is 0 Å². The first kappa shape index (κ1) is 18.1. The molecule has 0 saturated carbocycles. The van der Waals surface area contributed by atoms with E-state index in [1.807, 2.05) is 54.6 Å². The molecule has 0 aliphatic carbocycles. The highest BCUT2D eigenvalue weighted by Crippen LogP contribution is 2.21. The minimum Gasteiger partial charge on any atom is -0.478 e. The van der Waals surface area contributed by atoms with E-state index in [2.05, 4.69) is 25.6 Å². The van der Waals surface area contributed by atoms with E-state index in [1.165, 1.54) is 12.4 Å². The lowest BCUT2D eigenvalue weighted by Crippen LogP contribution is -1.99. The molecule has 0 amide bonds. The van der Waals surface area contributed by atoms with Crippen LogP contribution in [0.1, 0.15) is 11.1 Å². The number of hydrogen-bond acceptors (Lipinski definition) is 6. The Labute approximate surface area is 165 Å². The van der Waals surface area contributed by atoms with Crippen molar-refractivity contribution in [2.45, 2.75) is 0 Å². The third-order valence-corrected chi connectivity index (χ3v) is 4.11. The standard InChI is InChI=1S/C21H16N6O2/c28-19(29)11-10-15-6-8-16(9-7-15)12-24-26-20-18-13-25-27(21(18)23-14-22-20)17-4-2-1-3-5-17/h1-14H,(H,28,29)(H,22,23,26)/b11-10+,24-12+. The largest absolute Gasteiger partial charge is 0.478 e. The van der Waals surface area contributed by atoms with Gasteiger partial charge in [-0.1, -0.05) is 42.5 Å². The molecule has 0 atom stereocenters. The first-order chi connectivity index (χ1) is 14.2. The summed E-state index contributed by atoms with van der Waals surface area (Å²) in [5.74, 6) is -0.430. The van der Waals surface area contributed by atoms with E-state index in [0.29, 0.717) is 11.5 Å². The minimum absolute atomic E-state index is 0.550. The molecule has 29 heavy (non-hydrogen) atoms. The Morgan fingerprint density at radius 2 is 1.79 bits per heavy atom. The lowest BCUT2D eigenvalue weighted by molar-refractivity contribution is -0.131. The van der Waals surface area contributed by atoms with E-state index in [4.69, 9.17) is 5.11 Å². The molecule has 0 radical (unpaired) electrons. The van der Waals surface area contributed by atoms with Crippen LogP contribution in [0.5, 0.6) is 0 Å². The van der Waals surface area contributed by atoms with Crippen LogP contribution in [0, 0.1) is 0 Å². The van der Waals surface area contributed by atoms with Crippen LogP contribution >= 0.6 is 0 Å². The first-order valence-electron chi connectivity index (χ1n) is 8.75. The third-order valence-electron chi connectivity index (χ3n) is 4.11. The number of aliphatic carboxylic acids is 1. The number of aromatic nitrogens is 4. The molecule has 2 aromatic carbocycles. The van der Waals surface area contributed by atoms with Crippen molar-refractivity contribution in [1.29, 1.82) is 0 Å². The Hall–Kier alpha value is -4.33. The summed E-state index contributed by atoms with van der Waals surface area (Å²) in [4.78, 5) is 19.1. The second-order valence-electron chi connectivity index (χ2n) is 6.06. The van der Waals surface area contributed by atoms with Crippen molar-refractivity contribution >= 4 is 35.1 Å². The summed E-state index contributed by atoms with van der Waals surface area (Å²) in [5.41, 5.74) is 6.17. The molecule has 142 valence electrons. The van der Waals surface area contributed by atoms with Crippen LogP contribution in [0.15, 0.2) is 78.3 Å². The predicted molar refractivity (Wildman–Crippen MR) is 111 cm³/mol. The van der Waals surface area contributed by atoms with Gasteiger partial charge in [0, 0.05) is 6.08 Å². The molecule has 8 nitrogen and oxygen atoms in total. The second kappa shape index (κ2) is 8.13. The molecule has 2 N–H and O–H groups in total. The van der Waals surface area contributed by atoms with Crippen LogP contribution in [0.4, 0.5) is 5.82 Å². The summed E-state index contributed by atoms with van der Waals surface area (Å²) < 4.78 is 1.75. The molecule has 0 bridgehead atoms. The van der Waals surface area contributed by atoms with Crippen LogP contribution in [0.2, 0.25) is 0 Å². The van der Waals surface area contributed by atoms with Crippen LogP contribution in [0.25, 0.3) is 22.8 Å². The molecule has 8 heteroatoms. The summed E-state index contributed by atoms with van der Waals surface area (Å²) in [6, 6.07) is 17.0. The maximum absolute atomic E-state index is 10.6. The number of carboxylic acid groups (broad SMARTS) is 1. The summed E-state index contributed by atoms with van der Waals surface area (Å²) >= 11 is 0. The summed E-state index contributed by atoms with van der Waals surface area (Å²) in [6.07, 6.45) is 7.44. The number of para-hydroxylation sites is 1. The van der Waals surface area contributed by atoms with Crippen LogP contribution in [-0.4, -0.2) is 37.0 Å². The smallest absolute Gasteiger partial charge is 0.328 e. The first-order valence-corrected chi connectivity index (χ1v) is 8.75. The Kier molecular flexibility index (Phi) is 5.06. The molecular weight excluding hydrogens is 368 g/mol. The topological polar surface area (TPSA) is 105 Å². The summed E-state index contributed by atoms with van der Waals surface area (Å²) in [7, 11) is 0. The van der Waals surface area contributed by atoms with Crippen molar-refractivity contribution < 1.29 is 9.90 Å². The van der Waals surface area contributed by atoms with Crippen molar-refractivity contribution in [3.8, 4) is 5.69 Å². The van der Waals surface area contributed by atoms with E-state index in [1.54, 1.807) is 17.1 Å². The number of nitrogens with one attached hydrogen (secondary N) is 1. The molecule has 0 unspecified atom stereocenters. The molecule has 0 aliphatic rings. The molecule has 0 spiro atoms. The Balaban J connectivity index is 1.51. The predicted octanol–water partition coefficient (Wildman–Crippen LogP) is 3.36. The highest BCUT2D eigenvalue weighted by atomic mass is 16.4. The maximum Gasteiger partial charge on any atom is 0.328 e. The number of anilines is 1. The van der Waals surface area contributed by atoms with Gasteiger partial charge in [-0.05, 0) is 29.3 Å². The molecule has 2 heterocycles. The van der Waals surface area contributed by atoms with Crippen molar-refractivity contribution in [3.05, 3.63) is 84.3 Å². The lowest BCUT2D eigenvalue weighted by atomic mass is 10.1. The van der Waals surface area contributed by atoms with Gasteiger partial charge in [-0.2, -0.15) is 10.2 Å². The van der Waals surface area contributed by atoms with Gasteiger partial charge >= 0.3 is 5.97 Å². The van der Waals surface area contributed by atoms with Gasteiger partial charge in [0.05, 0.1) is 23.5 Å². The SMILES string of the molecule is O=C(O)/C=C/c1ccc(/C=N/Nc2ncnc3c2cnn3-c2ccccc2)cc1. The highest BCUT2D eigenvalue weighted by molar-refractivity contribution is 5.88. The van der Waals surface area contributed by atoms with E-state index in [-0.39, 0.29) is 0 Å². The summed E-state index contributed by atoms with van der Waals surface area (Å²) in [5, 5.41) is 18.1. The molecule has 0 fully saturated rings. The number of carboxylic acids is 1. The van der Waals surface area contributed by atoms with E-state index >= 15 is 0 Å². The van der Waals surface area contributed by atoms with Gasteiger partial charge in [0.15, 0.2) is 11.5 Å². The Bertz CT molecular complexity index is 1200. The molecule has 0 saturated heterocycles. The van der Waals surface area contributed by atoms with Gasteiger partial charge in [-0.25, -0.2) is 19.4 Å². The lowest BCUT2D eigenvalue weighted by Gasteiger charge is -2.03. The number of nitrogens with zero attached hydrogens (tertiary/aromatic N) is 5. The summed E-state index contributed by atoms with van der Waals surface area (Å²) in [6.45, 7) is 0. The minimum atomic E-state index is -0.980. The van der Waals surface area contributed by atoms with Gasteiger partial charge in [-0.3, -0.25) is 5.43 Å². The Morgan fingerprint density at radius 3 is 2.55 bits per heavy atom. The van der Waals surface area contributed by atoms with Gasteiger partial charge in [0.25, 0.3) is 0 Å². The van der Waals surface area contributed by atoms with E-state index in [9.17, 15) is 4.79 Å². The zero-order valence-corrected chi connectivity index (χ0v) is 15.2. The van der Waals surface area contributed by atoms with Crippen molar-refractivity contribution in [1.82, 2.24) is 19.7 Å². The fraction of sp³-hybridized carbons (Fsp3) is 0. The normalized spacial score (nSPS) is 11.4. The molecule has 2 aromatic heterocycles. The second-order valence-corrected chi connectivity index (χ2v) is 6.06. The molecular formula is C21H16N6O2. The zero-order chi connectivity index (χ0) is 20.1. The van der Waals surface area contributed by atoms with E-state index in [0.717, 1.165) is 28.3 Å². The van der Waals surface area contributed by atoms with Gasteiger partial charge < -0.3 is 5.11 Å². The molecule has 0 aliphatic heterocycles. The number of rotatable bonds is 6. The maximum atomic E-state index is 10.6.